The highest BCUT2D eigenvalue weighted by atomic mass is 16.5. The fourth-order valence-corrected chi connectivity index (χ4v) is 7.70. The van der Waals surface area contributed by atoms with Crippen LogP contribution in [0.4, 0.5) is 0 Å². The van der Waals surface area contributed by atoms with Crippen LogP contribution in [0.3, 0.4) is 0 Å². The van der Waals surface area contributed by atoms with Crippen molar-refractivity contribution >= 4 is 23.8 Å². The SMILES string of the molecule is C=C(N)NCCC(NC(=O)CCCCCCCOC(=O)C(CCCC)CCCCCC)C(=O)NCCCCCCCCOC(=O)C(CCCCCC)CCCCCCCC.CCC. The Morgan fingerprint density at radius 1 is 0.460 bits per heavy atom. The molecule has 2 amide bonds. The zero-order chi connectivity index (χ0) is 47.0. The number of carbonyl (C=O) groups is 4. The quantitative estimate of drug-likeness (QED) is 0.0349. The summed E-state index contributed by atoms with van der Waals surface area (Å²) in [6.07, 6.45) is 35.2. The van der Waals surface area contributed by atoms with Crippen LogP contribution in [0, 0.1) is 11.8 Å². The summed E-state index contributed by atoms with van der Waals surface area (Å²) in [5, 5.41) is 8.90. The molecule has 0 aromatic carbocycles. The molecule has 63 heavy (non-hydrogen) atoms. The molecular weight excluding hydrogens is 789 g/mol. The van der Waals surface area contributed by atoms with Gasteiger partial charge in [0.1, 0.15) is 6.04 Å². The molecule has 0 rings (SSSR count). The number of nitrogens with one attached hydrogen (secondary N) is 3. The summed E-state index contributed by atoms with van der Waals surface area (Å²) in [6, 6.07) is -0.642. The summed E-state index contributed by atoms with van der Waals surface area (Å²) in [5.41, 5.74) is 5.66. The maximum Gasteiger partial charge on any atom is 0.308 e. The lowest BCUT2D eigenvalue weighted by Crippen LogP contribution is -2.48. The molecule has 0 radical (unpaired) electrons. The number of unbranched alkanes of at least 4 members (excludes halogenated alkanes) is 21. The Balaban J connectivity index is 0. The number of esters is 2. The highest BCUT2D eigenvalue weighted by molar-refractivity contribution is 5.87. The third-order valence-electron chi connectivity index (χ3n) is 11.6. The standard InChI is InChI=1S/C50H96N4O6.C3H8/c1-6-10-14-17-21-28-36-45(35-27-16-12-8-3)50(58)60-41-31-24-19-18-23-30-39-53-48(56)46(38-40-52-43(5)51)54-47(55)37-29-22-20-25-32-42-59-49(57)44(33-13-9-4)34-26-15-11-7-2;1-3-2/h44-46,52H,5-42,51H2,1-4H3,(H,53,56)(H,54,55);3H2,1-2H3. The summed E-state index contributed by atoms with van der Waals surface area (Å²) in [4.78, 5) is 51.5. The molecule has 0 bridgehead atoms. The minimum absolute atomic E-state index is 0.0100. The molecule has 0 aliphatic carbocycles. The van der Waals surface area contributed by atoms with Crippen LogP contribution in [0.5, 0.6) is 0 Å². The van der Waals surface area contributed by atoms with Gasteiger partial charge in [0, 0.05) is 19.5 Å². The Hall–Kier alpha value is -2.78. The van der Waals surface area contributed by atoms with Gasteiger partial charge in [0.05, 0.1) is 30.9 Å². The molecule has 0 saturated carbocycles. The van der Waals surface area contributed by atoms with Crippen molar-refractivity contribution in [3.8, 4) is 0 Å². The lowest BCUT2D eigenvalue weighted by Gasteiger charge is -2.19. The molecule has 0 saturated heterocycles. The molecule has 3 atom stereocenters. The second-order valence-corrected chi connectivity index (χ2v) is 18.1. The summed E-state index contributed by atoms with van der Waals surface area (Å²) >= 11 is 0. The van der Waals surface area contributed by atoms with Gasteiger partial charge < -0.3 is 31.2 Å². The van der Waals surface area contributed by atoms with Crippen molar-refractivity contribution in [1.29, 1.82) is 0 Å². The van der Waals surface area contributed by atoms with E-state index < -0.39 is 6.04 Å². The number of nitrogens with two attached hydrogens (primary N) is 1. The Kier molecular flexibility index (Phi) is 48.1. The van der Waals surface area contributed by atoms with Crippen molar-refractivity contribution in [2.45, 2.75) is 266 Å². The lowest BCUT2D eigenvalue weighted by atomic mass is 9.94. The Morgan fingerprint density at radius 3 is 1.30 bits per heavy atom. The van der Waals surface area contributed by atoms with Crippen LogP contribution < -0.4 is 21.7 Å². The van der Waals surface area contributed by atoms with Crippen LogP contribution in [0.25, 0.3) is 0 Å². The highest BCUT2D eigenvalue weighted by Gasteiger charge is 2.22. The lowest BCUT2D eigenvalue weighted by molar-refractivity contribution is -0.150. The monoisotopic (exact) mass is 893 g/mol. The maximum atomic E-state index is 13.1. The summed E-state index contributed by atoms with van der Waals surface area (Å²) < 4.78 is 11.4. The van der Waals surface area contributed by atoms with E-state index in [1.807, 2.05) is 0 Å². The number of ether oxygens (including phenoxy) is 2. The molecule has 5 N–H and O–H groups in total. The van der Waals surface area contributed by atoms with Crippen molar-refractivity contribution in [3.05, 3.63) is 12.4 Å². The van der Waals surface area contributed by atoms with Crippen LogP contribution in [-0.4, -0.2) is 56.1 Å². The number of carbonyl (C=O) groups excluding carboxylic acids is 4. The fourth-order valence-electron chi connectivity index (χ4n) is 7.70. The van der Waals surface area contributed by atoms with Crippen LogP contribution in [0.2, 0.25) is 0 Å². The van der Waals surface area contributed by atoms with E-state index in [0.29, 0.717) is 45.0 Å². The molecule has 0 fully saturated rings. The molecule has 3 unspecified atom stereocenters. The van der Waals surface area contributed by atoms with Crippen LogP contribution in [-0.2, 0) is 28.7 Å². The highest BCUT2D eigenvalue weighted by Crippen LogP contribution is 2.22. The molecule has 372 valence electrons. The molecule has 0 aromatic rings. The van der Waals surface area contributed by atoms with E-state index in [1.165, 1.54) is 77.0 Å². The van der Waals surface area contributed by atoms with Crippen LogP contribution >= 0.6 is 0 Å². The van der Waals surface area contributed by atoms with Gasteiger partial charge in [0.25, 0.3) is 0 Å². The van der Waals surface area contributed by atoms with Gasteiger partial charge in [0.15, 0.2) is 0 Å². The second-order valence-electron chi connectivity index (χ2n) is 18.1. The van der Waals surface area contributed by atoms with Gasteiger partial charge in [-0.1, -0.05) is 202 Å². The van der Waals surface area contributed by atoms with Crippen LogP contribution in [0.1, 0.15) is 260 Å². The van der Waals surface area contributed by atoms with E-state index in [1.54, 1.807) is 0 Å². The summed E-state index contributed by atoms with van der Waals surface area (Å²) in [5.74, 6) is 0.0931. The average Bonchev–Trinajstić information content (AvgIpc) is 3.26. The Labute approximate surface area is 389 Å². The molecule has 0 spiro atoms. The number of amides is 2. The predicted molar refractivity (Wildman–Crippen MR) is 266 cm³/mol. The molecule has 0 heterocycles. The maximum absolute atomic E-state index is 13.1. The van der Waals surface area contributed by atoms with E-state index in [0.717, 1.165) is 128 Å². The Bertz CT molecular complexity index is 1070. The first-order chi connectivity index (χ1) is 30.6. The van der Waals surface area contributed by atoms with E-state index >= 15 is 0 Å². The fraction of sp³-hybridized carbons (Fsp3) is 0.887. The molecule has 0 aromatic heterocycles. The summed E-state index contributed by atoms with van der Waals surface area (Å²) in [7, 11) is 0. The zero-order valence-electron chi connectivity index (χ0n) is 42.3. The zero-order valence-corrected chi connectivity index (χ0v) is 42.3. The van der Waals surface area contributed by atoms with Gasteiger partial charge in [-0.3, -0.25) is 19.2 Å². The number of rotatable bonds is 45. The van der Waals surface area contributed by atoms with Crippen molar-refractivity contribution in [1.82, 2.24) is 16.0 Å². The Morgan fingerprint density at radius 2 is 0.841 bits per heavy atom. The van der Waals surface area contributed by atoms with Crippen molar-refractivity contribution < 1.29 is 28.7 Å². The second kappa shape index (κ2) is 48.7. The topological polar surface area (TPSA) is 149 Å². The molecule has 0 aliphatic heterocycles. The first kappa shape index (κ1) is 62.3. The van der Waals surface area contributed by atoms with Crippen molar-refractivity contribution in [2.24, 2.45) is 17.6 Å². The van der Waals surface area contributed by atoms with Gasteiger partial charge >= 0.3 is 11.9 Å². The third kappa shape index (κ3) is 42.9. The minimum Gasteiger partial charge on any atom is -0.465 e. The van der Waals surface area contributed by atoms with Crippen molar-refractivity contribution in [3.63, 3.8) is 0 Å². The van der Waals surface area contributed by atoms with Crippen LogP contribution in [0.15, 0.2) is 12.4 Å². The predicted octanol–water partition coefficient (Wildman–Crippen LogP) is 13.3. The van der Waals surface area contributed by atoms with E-state index in [2.05, 4.69) is 64.1 Å². The third-order valence-corrected chi connectivity index (χ3v) is 11.6. The van der Waals surface area contributed by atoms with Gasteiger partial charge in [-0.05, 0) is 57.8 Å². The van der Waals surface area contributed by atoms with Gasteiger partial charge in [0.2, 0.25) is 11.8 Å². The van der Waals surface area contributed by atoms with Crippen molar-refractivity contribution in [2.75, 3.05) is 26.3 Å². The molecule has 0 aliphatic rings. The van der Waals surface area contributed by atoms with Gasteiger partial charge in [-0.25, -0.2) is 0 Å². The van der Waals surface area contributed by atoms with E-state index in [-0.39, 0.29) is 35.6 Å². The average molecular weight is 893 g/mol. The van der Waals surface area contributed by atoms with E-state index in [4.69, 9.17) is 15.2 Å². The minimum atomic E-state index is -0.642. The van der Waals surface area contributed by atoms with Gasteiger partial charge in [-0.2, -0.15) is 0 Å². The summed E-state index contributed by atoms with van der Waals surface area (Å²) in [6.45, 7) is 18.7. The number of hydrogen-bond donors (Lipinski definition) is 4. The van der Waals surface area contributed by atoms with Gasteiger partial charge in [-0.15, -0.1) is 0 Å². The molecule has 10 heteroatoms. The molecular formula is C53H104N4O6. The normalized spacial score (nSPS) is 12.3. The number of hydrogen-bond acceptors (Lipinski definition) is 8. The van der Waals surface area contributed by atoms with E-state index in [9.17, 15) is 19.2 Å². The first-order valence-corrected chi connectivity index (χ1v) is 26.7. The largest absolute Gasteiger partial charge is 0.465 e. The smallest absolute Gasteiger partial charge is 0.308 e. The first-order valence-electron chi connectivity index (χ1n) is 26.7. The molecule has 10 nitrogen and oxygen atoms in total.